The zero-order valence-electron chi connectivity index (χ0n) is 11.7. The maximum atomic E-state index is 9.07. The Bertz CT molecular complexity index is 544. The summed E-state index contributed by atoms with van der Waals surface area (Å²) in [5.74, 6) is 0. The predicted molar refractivity (Wildman–Crippen MR) is 88.8 cm³/mol. The van der Waals surface area contributed by atoms with E-state index in [2.05, 4.69) is 33.4 Å². The Kier molecular flexibility index (Phi) is 7.43. The highest BCUT2D eigenvalue weighted by Crippen LogP contribution is 2.22. The molecule has 0 fully saturated rings. The van der Waals surface area contributed by atoms with Crippen LogP contribution in [0.4, 0.5) is 0 Å². The molecule has 106 valence electrons. The number of nitrogens with zero attached hydrogens (tertiary/aromatic N) is 1. The highest BCUT2D eigenvalue weighted by molar-refractivity contribution is 9.11. The fraction of sp³-hybridized carbons (Fsp3) is 0.312. The average molecular weight is 354 g/mol. The third-order valence-corrected chi connectivity index (χ3v) is 3.50. The van der Waals surface area contributed by atoms with Crippen molar-refractivity contribution >= 4 is 27.5 Å². The van der Waals surface area contributed by atoms with Crippen molar-refractivity contribution in [1.29, 1.82) is 5.26 Å². The van der Waals surface area contributed by atoms with Crippen LogP contribution in [0.2, 0.25) is 5.02 Å². The first-order valence-corrected chi connectivity index (χ1v) is 7.82. The summed E-state index contributed by atoms with van der Waals surface area (Å²) < 4.78 is 0.968. The van der Waals surface area contributed by atoms with Crippen molar-refractivity contribution in [2.45, 2.75) is 32.7 Å². The molecule has 1 aromatic carbocycles. The van der Waals surface area contributed by atoms with E-state index in [0.29, 0.717) is 0 Å². The molecular formula is C16H18BrClN2. The van der Waals surface area contributed by atoms with Gasteiger partial charge in [-0.3, -0.25) is 0 Å². The number of dihydropyridines is 1. The van der Waals surface area contributed by atoms with E-state index in [-0.39, 0.29) is 6.04 Å². The molecule has 0 spiro atoms. The summed E-state index contributed by atoms with van der Waals surface area (Å²) >= 11 is 9.36. The smallest absolute Gasteiger partial charge is 0.136 e. The van der Waals surface area contributed by atoms with Gasteiger partial charge in [-0.2, -0.15) is 5.26 Å². The second kappa shape index (κ2) is 8.84. The molecule has 0 radical (unpaired) electrons. The van der Waals surface area contributed by atoms with Crippen molar-refractivity contribution in [3.05, 3.63) is 57.2 Å². The number of hydrogen-bond donors (Lipinski definition) is 1. The van der Waals surface area contributed by atoms with Gasteiger partial charge in [-0.1, -0.05) is 37.6 Å². The van der Waals surface area contributed by atoms with E-state index < -0.39 is 0 Å². The van der Waals surface area contributed by atoms with Crippen molar-refractivity contribution in [1.82, 2.24) is 5.32 Å². The predicted octanol–water partition coefficient (Wildman–Crippen LogP) is 4.96. The van der Waals surface area contributed by atoms with E-state index >= 15 is 0 Å². The Morgan fingerprint density at radius 2 is 2.10 bits per heavy atom. The Morgan fingerprint density at radius 3 is 2.75 bits per heavy atom. The van der Waals surface area contributed by atoms with Gasteiger partial charge in [0, 0.05) is 15.7 Å². The van der Waals surface area contributed by atoms with Crippen molar-refractivity contribution in [3.8, 4) is 6.07 Å². The van der Waals surface area contributed by atoms with Gasteiger partial charge in [-0.05, 0) is 58.1 Å². The van der Waals surface area contributed by atoms with Crippen molar-refractivity contribution in [2.24, 2.45) is 0 Å². The molecule has 0 bridgehead atoms. The minimum atomic E-state index is -0.231. The van der Waals surface area contributed by atoms with Gasteiger partial charge in [0.1, 0.15) is 6.04 Å². The van der Waals surface area contributed by atoms with Crippen molar-refractivity contribution in [3.63, 3.8) is 0 Å². The molecule has 1 aliphatic heterocycles. The Balaban J connectivity index is 0.000000956. The SMILES string of the molecule is CC.N#CC1NC=C(Br)C=C1CCc1cccc(Cl)c1. The van der Waals surface area contributed by atoms with Gasteiger partial charge in [0.05, 0.1) is 6.07 Å². The van der Waals surface area contributed by atoms with Crippen LogP contribution in [0.25, 0.3) is 0 Å². The van der Waals surface area contributed by atoms with Crippen molar-refractivity contribution < 1.29 is 0 Å². The number of nitrogens with one attached hydrogen (secondary N) is 1. The van der Waals surface area contributed by atoms with Crippen LogP contribution < -0.4 is 5.32 Å². The summed E-state index contributed by atoms with van der Waals surface area (Å²) in [7, 11) is 0. The van der Waals surface area contributed by atoms with E-state index in [1.807, 2.05) is 38.1 Å². The van der Waals surface area contributed by atoms with Gasteiger partial charge in [0.15, 0.2) is 0 Å². The lowest BCUT2D eigenvalue weighted by Crippen LogP contribution is -2.27. The summed E-state index contributed by atoms with van der Waals surface area (Å²) in [6, 6.07) is 9.85. The van der Waals surface area contributed by atoms with Crippen molar-refractivity contribution in [2.75, 3.05) is 0 Å². The van der Waals surface area contributed by atoms with Crippen LogP contribution in [0.3, 0.4) is 0 Å². The van der Waals surface area contributed by atoms with E-state index in [1.165, 1.54) is 5.56 Å². The number of rotatable bonds is 3. The zero-order chi connectivity index (χ0) is 15.0. The molecular weight excluding hydrogens is 336 g/mol. The molecule has 0 saturated heterocycles. The Morgan fingerprint density at radius 1 is 1.35 bits per heavy atom. The standard InChI is InChI=1S/C14H12BrClN2.C2H6/c15-12-7-11(14(8-17)18-9-12)5-4-10-2-1-3-13(16)6-10;1-2/h1-3,6-7,9,14,18H,4-5H2;1-2H3. The molecule has 2 rings (SSSR count). The fourth-order valence-electron chi connectivity index (χ4n) is 1.89. The van der Waals surface area contributed by atoms with Gasteiger partial charge in [-0.25, -0.2) is 0 Å². The summed E-state index contributed by atoms with van der Waals surface area (Å²) in [4.78, 5) is 0. The van der Waals surface area contributed by atoms with E-state index in [0.717, 1.165) is 27.9 Å². The normalized spacial score (nSPS) is 16.9. The molecule has 1 unspecified atom stereocenters. The summed E-state index contributed by atoms with van der Waals surface area (Å²) in [6.45, 7) is 4.00. The van der Waals surface area contributed by atoms with Crippen LogP contribution >= 0.6 is 27.5 Å². The van der Waals surface area contributed by atoms with Gasteiger partial charge in [0.25, 0.3) is 0 Å². The minimum Gasteiger partial charge on any atom is -0.372 e. The number of nitriles is 1. The third kappa shape index (κ3) is 5.03. The monoisotopic (exact) mass is 352 g/mol. The second-order valence-corrected chi connectivity index (χ2v) is 5.46. The molecule has 1 heterocycles. The molecule has 0 aliphatic carbocycles. The number of aryl methyl sites for hydroxylation is 1. The van der Waals surface area contributed by atoms with E-state index in [1.54, 1.807) is 6.20 Å². The molecule has 4 heteroatoms. The first kappa shape index (κ1) is 16.8. The number of allylic oxidation sites excluding steroid dienone is 2. The topological polar surface area (TPSA) is 35.8 Å². The van der Waals surface area contributed by atoms with Crippen LogP contribution in [-0.4, -0.2) is 6.04 Å². The quantitative estimate of drug-likeness (QED) is 0.834. The maximum Gasteiger partial charge on any atom is 0.136 e. The molecule has 1 N–H and O–H groups in total. The molecule has 1 atom stereocenters. The highest BCUT2D eigenvalue weighted by Gasteiger charge is 2.15. The van der Waals surface area contributed by atoms with Crippen LogP contribution in [-0.2, 0) is 6.42 Å². The van der Waals surface area contributed by atoms with Crippen LogP contribution in [0, 0.1) is 11.3 Å². The maximum absolute atomic E-state index is 9.07. The molecule has 2 nitrogen and oxygen atoms in total. The Labute approximate surface area is 134 Å². The molecule has 20 heavy (non-hydrogen) atoms. The van der Waals surface area contributed by atoms with Gasteiger partial charge < -0.3 is 5.32 Å². The number of benzene rings is 1. The number of halogens is 2. The molecule has 1 aromatic rings. The first-order valence-electron chi connectivity index (χ1n) is 6.65. The van der Waals surface area contributed by atoms with E-state index in [4.69, 9.17) is 16.9 Å². The van der Waals surface area contributed by atoms with Gasteiger partial charge in [0.2, 0.25) is 0 Å². The molecule has 0 amide bonds. The Hall–Kier alpha value is -1.24. The summed E-state index contributed by atoms with van der Waals surface area (Å²) in [5, 5.41) is 12.9. The second-order valence-electron chi connectivity index (χ2n) is 4.11. The summed E-state index contributed by atoms with van der Waals surface area (Å²) in [6.07, 6.45) is 5.53. The van der Waals surface area contributed by atoms with Crippen LogP contribution in [0.5, 0.6) is 0 Å². The summed E-state index contributed by atoms with van der Waals surface area (Å²) in [5.41, 5.74) is 2.28. The third-order valence-electron chi connectivity index (χ3n) is 2.80. The van der Waals surface area contributed by atoms with E-state index in [9.17, 15) is 0 Å². The lowest BCUT2D eigenvalue weighted by molar-refractivity contribution is 0.738. The highest BCUT2D eigenvalue weighted by atomic mass is 79.9. The fourth-order valence-corrected chi connectivity index (χ4v) is 2.53. The zero-order valence-corrected chi connectivity index (χ0v) is 14.0. The van der Waals surface area contributed by atoms with Gasteiger partial charge in [-0.15, -0.1) is 0 Å². The minimum absolute atomic E-state index is 0.231. The molecule has 0 aromatic heterocycles. The average Bonchev–Trinajstić information content (AvgIpc) is 2.47. The van der Waals surface area contributed by atoms with Gasteiger partial charge >= 0.3 is 0 Å². The lowest BCUT2D eigenvalue weighted by atomic mass is 9.98. The molecule has 0 saturated carbocycles. The largest absolute Gasteiger partial charge is 0.372 e. The van der Waals surface area contributed by atoms with Crippen LogP contribution in [0.15, 0.2) is 46.6 Å². The molecule has 1 aliphatic rings. The number of hydrogen-bond acceptors (Lipinski definition) is 2. The lowest BCUT2D eigenvalue weighted by Gasteiger charge is -2.18. The first-order chi connectivity index (χ1) is 9.69. The van der Waals surface area contributed by atoms with Crippen LogP contribution in [0.1, 0.15) is 25.8 Å².